The zero-order valence-corrected chi connectivity index (χ0v) is 18.3. The molecule has 30 heavy (non-hydrogen) atoms. The summed E-state index contributed by atoms with van der Waals surface area (Å²) < 4.78 is 6.33. The normalized spacial score (nSPS) is 10.1. The van der Waals surface area contributed by atoms with Crippen LogP contribution in [0.4, 0.5) is 5.69 Å². The van der Waals surface area contributed by atoms with Crippen LogP contribution < -0.4 is 20.9 Å². The van der Waals surface area contributed by atoms with Gasteiger partial charge in [0.05, 0.1) is 17.1 Å². The fraction of sp³-hybridized carbons (Fsp3) is 0.211. The van der Waals surface area contributed by atoms with E-state index in [0.717, 1.165) is 12.8 Å². The number of hydrogen-bond donors (Lipinski definition) is 3. The smallest absolute Gasteiger partial charge is 0.282 e. The minimum Gasteiger partial charge on any atom is -0.493 e. The SMILES string of the molecule is CCCCOc1ccc(Br)cc1C(=O)NC(=S)NNC(=O)c1ccccc1[N+](=O)[O-]. The van der Waals surface area contributed by atoms with Crippen LogP contribution in [0.15, 0.2) is 46.9 Å². The molecule has 0 aliphatic rings. The molecule has 2 aromatic carbocycles. The van der Waals surface area contributed by atoms with Crippen LogP contribution in [0, 0.1) is 10.1 Å². The number of hydrazine groups is 1. The molecule has 11 heteroatoms. The van der Waals surface area contributed by atoms with Crippen LogP contribution in [0.1, 0.15) is 40.5 Å². The molecule has 0 radical (unpaired) electrons. The van der Waals surface area contributed by atoms with Crippen molar-refractivity contribution in [1.82, 2.24) is 16.2 Å². The monoisotopic (exact) mass is 494 g/mol. The highest BCUT2D eigenvalue weighted by molar-refractivity contribution is 9.10. The molecule has 158 valence electrons. The third-order valence-corrected chi connectivity index (χ3v) is 4.50. The number of thiocarbonyl (C=S) groups is 1. The number of hydrogen-bond acceptors (Lipinski definition) is 6. The maximum absolute atomic E-state index is 12.6. The van der Waals surface area contributed by atoms with Crippen molar-refractivity contribution in [2.24, 2.45) is 0 Å². The minimum absolute atomic E-state index is 0.150. The van der Waals surface area contributed by atoms with Gasteiger partial charge in [0, 0.05) is 10.5 Å². The predicted octanol–water partition coefficient (Wildman–Crippen LogP) is 3.49. The molecule has 0 unspecified atom stereocenters. The maximum atomic E-state index is 12.6. The molecule has 0 bridgehead atoms. The first-order valence-corrected chi connectivity index (χ1v) is 10.1. The number of amides is 2. The highest BCUT2D eigenvalue weighted by Crippen LogP contribution is 2.23. The molecule has 2 rings (SSSR count). The lowest BCUT2D eigenvalue weighted by Gasteiger charge is -2.14. The summed E-state index contributed by atoms with van der Waals surface area (Å²) >= 11 is 8.33. The van der Waals surface area contributed by atoms with E-state index >= 15 is 0 Å². The van der Waals surface area contributed by atoms with E-state index in [0.29, 0.717) is 16.8 Å². The zero-order valence-electron chi connectivity index (χ0n) is 15.9. The standard InChI is InChI=1S/C19H19BrN4O5S/c1-2-3-10-29-16-9-8-12(20)11-14(16)17(25)21-19(30)23-22-18(26)13-6-4-5-7-15(13)24(27)28/h4-9,11H,2-3,10H2,1H3,(H,22,26)(H2,21,23,25,30). The van der Waals surface area contributed by atoms with E-state index in [1.807, 2.05) is 6.92 Å². The van der Waals surface area contributed by atoms with Crippen LogP contribution in [-0.2, 0) is 0 Å². The fourth-order valence-corrected chi connectivity index (χ4v) is 2.84. The van der Waals surface area contributed by atoms with E-state index < -0.39 is 16.7 Å². The predicted molar refractivity (Wildman–Crippen MR) is 118 cm³/mol. The lowest BCUT2D eigenvalue weighted by Crippen LogP contribution is -2.48. The van der Waals surface area contributed by atoms with Crippen molar-refractivity contribution in [3.05, 3.63) is 68.2 Å². The van der Waals surface area contributed by atoms with E-state index in [1.165, 1.54) is 24.3 Å². The summed E-state index contributed by atoms with van der Waals surface area (Å²) in [6.45, 7) is 2.49. The number of carbonyl (C=O) groups is 2. The van der Waals surface area contributed by atoms with E-state index in [1.54, 1.807) is 18.2 Å². The highest BCUT2D eigenvalue weighted by atomic mass is 79.9. The van der Waals surface area contributed by atoms with Crippen LogP contribution in [0.5, 0.6) is 5.75 Å². The van der Waals surface area contributed by atoms with Crippen molar-refractivity contribution in [1.29, 1.82) is 0 Å². The second-order valence-electron chi connectivity index (χ2n) is 5.98. The first kappa shape index (κ1) is 23.2. The molecule has 0 atom stereocenters. The lowest BCUT2D eigenvalue weighted by molar-refractivity contribution is -0.385. The Morgan fingerprint density at radius 2 is 1.87 bits per heavy atom. The third kappa shape index (κ3) is 6.49. The van der Waals surface area contributed by atoms with Gasteiger partial charge < -0.3 is 4.74 Å². The number of nitro benzene ring substituents is 1. The molecular weight excluding hydrogens is 476 g/mol. The maximum Gasteiger partial charge on any atom is 0.282 e. The molecule has 0 heterocycles. The second kappa shape index (κ2) is 11.2. The number of benzene rings is 2. The molecule has 0 fully saturated rings. The van der Waals surface area contributed by atoms with Crippen LogP contribution in [0.25, 0.3) is 0 Å². The number of halogens is 1. The van der Waals surface area contributed by atoms with Gasteiger partial charge in [-0.2, -0.15) is 0 Å². The van der Waals surface area contributed by atoms with E-state index in [2.05, 4.69) is 32.1 Å². The van der Waals surface area contributed by atoms with E-state index in [4.69, 9.17) is 17.0 Å². The van der Waals surface area contributed by atoms with Gasteiger partial charge in [0.2, 0.25) is 0 Å². The molecule has 2 aromatic rings. The summed E-state index contributed by atoms with van der Waals surface area (Å²) in [5.41, 5.74) is 4.34. The largest absolute Gasteiger partial charge is 0.493 e. The quantitative estimate of drug-likeness (QED) is 0.233. The van der Waals surface area contributed by atoms with E-state index in [9.17, 15) is 19.7 Å². The van der Waals surface area contributed by atoms with Gasteiger partial charge in [-0.05, 0) is 42.9 Å². The Balaban J connectivity index is 2.00. The summed E-state index contributed by atoms with van der Waals surface area (Å²) in [7, 11) is 0. The van der Waals surface area contributed by atoms with Gasteiger partial charge in [0.15, 0.2) is 5.11 Å². The van der Waals surface area contributed by atoms with Gasteiger partial charge in [-0.25, -0.2) is 0 Å². The molecule has 0 aromatic heterocycles. The minimum atomic E-state index is -0.773. The molecule has 0 saturated heterocycles. The highest BCUT2D eigenvalue weighted by Gasteiger charge is 2.20. The Kier molecular flexibility index (Phi) is 8.69. The molecule has 2 amide bonds. The first-order chi connectivity index (χ1) is 14.3. The number of nitro groups is 1. The van der Waals surface area contributed by atoms with Crippen LogP contribution >= 0.6 is 28.1 Å². The average molecular weight is 495 g/mol. The fourth-order valence-electron chi connectivity index (χ4n) is 2.34. The number of nitrogens with zero attached hydrogens (tertiary/aromatic N) is 1. The molecule has 0 saturated carbocycles. The number of unbranched alkanes of at least 4 members (excludes halogenated alkanes) is 1. The van der Waals surface area contributed by atoms with Crippen molar-refractivity contribution in [3.8, 4) is 5.75 Å². The van der Waals surface area contributed by atoms with Crippen LogP contribution in [0.2, 0.25) is 0 Å². The number of carbonyl (C=O) groups excluding carboxylic acids is 2. The van der Waals surface area contributed by atoms with Gasteiger partial charge in [-0.15, -0.1) is 0 Å². The van der Waals surface area contributed by atoms with Gasteiger partial charge in [-0.1, -0.05) is 41.4 Å². The van der Waals surface area contributed by atoms with Crippen molar-refractivity contribution < 1.29 is 19.2 Å². The number of nitrogens with one attached hydrogen (secondary N) is 3. The topological polar surface area (TPSA) is 123 Å². The van der Waals surface area contributed by atoms with Gasteiger partial charge >= 0.3 is 0 Å². The molecule has 0 aliphatic carbocycles. The first-order valence-electron chi connectivity index (χ1n) is 8.91. The summed E-state index contributed by atoms with van der Waals surface area (Å²) in [6, 6.07) is 10.5. The molecule has 0 spiro atoms. The third-order valence-electron chi connectivity index (χ3n) is 3.80. The van der Waals surface area contributed by atoms with Crippen molar-refractivity contribution in [3.63, 3.8) is 0 Å². The van der Waals surface area contributed by atoms with Gasteiger partial charge in [0.25, 0.3) is 17.5 Å². The Hall–Kier alpha value is -3.05. The molecule has 3 N–H and O–H groups in total. The summed E-state index contributed by atoms with van der Waals surface area (Å²) in [6.07, 6.45) is 1.79. The summed E-state index contributed by atoms with van der Waals surface area (Å²) in [4.78, 5) is 35.1. The average Bonchev–Trinajstić information content (AvgIpc) is 2.73. The summed E-state index contributed by atoms with van der Waals surface area (Å²) in [5.74, 6) is -0.916. The van der Waals surface area contributed by atoms with Crippen molar-refractivity contribution in [2.45, 2.75) is 19.8 Å². The zero-order chi connectivity index (χ0) is 22.1. The Morgan fingerprint density at radius 3 is 2.57 bits per heavy atom. The Labute approximate surface area is 186 Å². The Morgan fingerprint density at radius 1 is 1.13 bits per heavy atom. The van der Waals surface area contributed by atoms with E-state index in [-0.39, 0.29) is 21.9 Å². The Bertz CT molecular complexity index is 970. The number of rotatable bonds is 7. The van der Waals surface area contributed by atoms with Crippen molar-refractivity contribution >= 4 is 50.8 Å². The molecule has 9 nitrogen and oxygen atoms in total. The lowest BCUT2D eigenvalue weighted by atomic mass is 10.2. The molecule has 0 aliphatic heterocycles. The van der Waals surface area contributed by atoms with Gasteiger partial charge in [-0.3, -0.25) is 35.9 Å². The second-order valence-corrected chi connectivity index (χ2v) is 7.30. The molecular formula is C19H19BrN4O5S. The summed E-state index contributed by atoms with van der Waals surface area (Å²) in [5, 5.41) is 13.3. The number of ether oxygens (including phenoxy) is 1. The van der Waals surface area contributed by atoms with Crippen LogP contribution in [0.3, 0.4) is 0 Å². The number of para-hydroxylation sites is 1. The van der Waals surface area contributed by atoms with Crippen LogP contribution in [-0.4, -0.2) is 28.5 Å². The van der Waals surface area contributed by atoms with Crippen molar-refractivity contribution in [2.75, 3.05) is 6.61 Å². The van der Waals surface area contributed by atoms with Gasteiger partial charge in [0.1, 0.15) is 11.3 Å².